The van der Waals surface area contributed by atoms with Crippen molar-refractivity contribution < 1.29 is 0 Å². The summed E-state index contributed by atoms with van der Waals surface area (Å²) < 4.78 is 1.22. The van der Waals surface area contributed by atoms with E-state index in [0.29, 0.717) is 11.5 Å². The molecule has 1 aliphatic heterocycles. The Bertz CT molecular complexity index is 405. The Labute approximate surface area is 112 Å². The molecule has 0 amide bonds. The summed E-state index contributed by atoms with van der Waals surface area (Å²) in [6.07, 6.45) is 5.50. The van der Waals surface area contributed by atoms with Crippen LogP contribution in [0.25, 0.3) is 0 Å². The Morgan fingerprint density at radius 1 is 1.24 bits per heavy atom. The highest BCUT2D eigenvalue weighted by Crippen LogP contribution is 2.53. The van der Waals surface area contributed by atoms with E-state index in [4.69, 9.17) is 0 Å². The minimum absolute atomic E-state index is 0.452. The van der Waals surface area contributed by atoms with E-state index in [1.165, 1.54) is 48.8 Å². The van der Waals surface area contributed by atoms with Crippen LogP contribution in [0, 0.1) is 0 Å². The van der Waals surface area contributed by atoms with Gasteiger partial charge < -0.3 is 0 Å². The van der Waals surface area contributed by atoms with E-state index in [1.807, 2.05) is 0 Å². The maximum atomic E-state index is 3.60. The molecule has 1 aromatic carbocycles. The summed E-state index contributed by atoms with van der Waals surface area (Å²) in [4.78, 5) is 2.69. The lowest BCUT2D eigenvalue weighted by Crippen LogP contribution is -2.39. The lowest BCUT2D eigenvalue weighted by molar-refractivity contribution is 0.214. The van der Waals surface area contributed by atoms with Crippen molar-refractivity contribution in [1.82, 2.24) is 4.90 Å². The molecule has 1 unspecified atom stereocenters. The second kappa shape index (κ2) is 4.40. The molecule has 1 heterocycles. The van der Waals surface area contributed by atoms with Crippen LogP contribution in [0.3, 0.4) is 0 Å². The van der Waals surface area contributed by atoms with Crippen molar-refractivity contribution in [3.05, 3.63) is 34.3 Å². The van der Waals surface area contributed by atoms with E-state index in [2.05, 4.69) is 52.0 Å². The van der Waals surface area contributed by atoms with E-state index in [1.54, 1.807) is 0 Å². The third-order valence-electron chi connectivity index (χ3n) is 4.68. The molecular formula is C15H20BrN. The van der Waals surface area contributed by atoms with Crippen molar-refractivity contribution in [1.29, 1.82) is 0 Å². The Morgan fingerprint density at radius 3 is 2.53 bits per heavy atom. The zero-order valence-corrected chi connectivity index (χ0v) is 12.0. The number of halogens is 1. The van der Waals surface area contributed by atoms with Gasteiger partial charge in [0.25, 0.3) is 0 Å². The van der Waals surface area contributed by atoms with Crippen LogP contribution in [0.5, 0.6) is 0 Å². The maximum absolute atomic E-state index is 3.60. The number of rotatable bonds is 3. The molecule has 2 aliphatic rings. The molecular weight excluding hydrogens is 274 g/mol. The molecule has 0 N–H and O–H groups in total. The van der Waals surface area contributed by atoms with E-state index in [-0.39, 0.29) is 0 Å². The standard InChI is InChI=1S/C15H20BrN/c1-12(17-9-2-3-10-17)15(7-8-15)13-5-4-6-14(16)11-13/h4-6,11-12H,2-3,7-10H2,1H3. The molecule has 1 atom stereocenters. The van der Waals surface area contributed by atoms with Gasteiger partial charge in [-0.25, -0.2) is 0 Å². The maximum Gasteiger partial charge on any atom is 0.0178 e. The third kappa shape index (κ3) is 2.06. The summed E-state index contributed by atoms with van der Waals surface area (Å²) in [5.74, 6) is 0. The van der Waals surface area contributed by atoms with Gasteiger partial charge in [0.05, 0.1) is 0 Å². The average molecular weight is 294 g/mol. The third-order valence-corrected chi connectivity index (χ3v) is 5.17. The molecule has 1 aromatic rings. The first-order valence-corrected chi connectivity index (χ1v) is 7.52. The average Bonchev–Trinajstić information content (AvgIpc) is 2.96. The molecule has 1 nitrogen and oxygen atoms in total. The molecule has 92 valence electrons. The van der Waals surface area contributed by atoms with Gasteiger partial charge in [-0.2, -0.15) is 0 Å². The first-order valence-electron chi connectivity index (χ1n) is 6.72. The van der Waals surface area contributed by atoms with Gasteiger partial charge in [0.1, 0.15) is 0 Å². The van der Waals surface area contributed by atoms with Crippen LogP contribution in [0.2, 0.25) is 0 Å². The minimum atomic E-state index is 0.452. The van der Waals surface area contributed by atoms with Crippen LogP contribution in [0.1, 0.15) is 38.2 Å². The van der Waals surface area contributed by atoms with Gasteiger partial charge in [-0.1, -0.05) is 28.1 Å². The second-order valence-electron chi connectivity index (χ2n) is 5.59. The number of nitrogens with zero attached hydrogens (tertiary/aromatic N) is 1. The summed E-state index contributed by atoms with van der Waals surface area (Å²) in [5, 5.41) is 0. The van der Waals surface area contributed by atoms with Crippen LogP contribution >= 0.6 is 15.9 Å². The SMILES string of the molecule is CC(N1CCCC1)C1(c2cccc(Br)c2)CC1. The predicted molar refractivity (Wildman–Crippen MR) is 75.3 cm³/mol. The molecule has 2 fully saturated rings. The molecule has 3 rings (SSSR count). The number of likely N-dealkylation sites (tertiary alicyclic amines) is 1. The first kappa shape index (κ1) is 11.7. The normalized spacial score (nSPS) is 24.8. The largest absolute Gasteiger partial charge is 0.300 e. The van der Waals surface area contributed by atoms with Gasteiger partial charge in [0.15, 0.2) is 0 Å². The fourth-order valence-corrected chi connectivity index (χ4v) is 3.76. The molecule has 0 radical (unpaired) electrons. The van der Waals surface area contributed by atoms with E-state index >= 15 is 0 Å². The number of benzene rings is 1. The zero-order valence-electron chi connectivity index (χ0n) is 10.5. The van der Waals surface area contributed by atoms with Gasteiger partial charge >= 0.3 is 0 Å². The van der Waals surface area contributed by atoms with Gasteiger partial charge in [0, 0.05) is 15.9 Å². The summed E-state index contributed by atoms with van der Waals surface area (Å²) >= 11 is 3.60. The first-order chi connectivity index (χ1) is 8.22. The number of hydrogen-bond acceptors (Lipinski definition) is 1. The monoisotopic (exact) mass is 293 g/mol. The molecule has 1 aliphatic carbocycles. The molecule has 0 bridgehead atoms. The highest BCUT2D eigenvalue weighted by Gasteiger charge is 2.50. The Morgan fingerprint density at radius 2 is 1.94 bits per heavy atom. The van der Waals surface area contributed by atoms with Crippen LogP contribution in [0.15, 0.2) is 28.7 Å². The zero-order chi connectivity index (χ0) is 11.9. The molecule has 1 saturated heterocycles. The lowest BCUT2D eigenvalue weighted by atomic mass is 9.88. The van der Waals surface area contributed by atoms with Gasteiger partial charge in [-0.3, -0.25) is 4.90 Å². The summed E-state index contributed by atoms with van der Waals surface area (Å²) in [6.45, 7) is 5.03. The van der Waals surface area contributed by atoms with Crippen molar-refractivity contribution in [2.45, 2.75) is 44.1 Å². The highest BCUT2D eigenvalue weighted by molar-refractivity contribution is 9.10. The number of hydrogen-bond donors (Lipinski definition) is 0. The molecule has 1 saturated carbocycles. The summed E-state index contributed by atoms with van der Waals surface area (Å²) in [6, 6.07) is 9.64. The second-order valence-corrected chi connectivity index (χ2v) is 6.50. The van der Waals surface area contributed by atoms with Crippen molar-refractivity contribution in [2.24, 2.45) is 0 Å². The lowest BCUT2D eigenvalue weighted by Gasteiger charge is -2.32. The quantitative estimate of drug-likeness (QED) is 0.815. The predicted octanol–water partition coefficient (Wildman–Crippen LogP) is 3.97. The Balaban J connectivity index is 1.85. The van der Waals surface area contributed by atoms with Gasteiger partial charge in [0.2, 0.25) is 0 Å². The minimum Gasteiger partial charge on any atom is -0.300 e. The van der Waals surface area contributed by atoms with Crippen LogP contribution < -0.4 is 0 Å². The van der Waals surface area contributed by atoms with Crippen molar-refractivity contribution in [3.8, 4) is 0 Å². The fourth-order valence-electron chi connectivity index (χ4n) is 3.36. The van der Waals surface area contributed by atoms with Crippen molar-refractivity contribution >= 4 is 15.9 Å². The fraction of sp³-hybridized carbons (Fsp3) is 0.600. The van der Waals surface area contributed by atoms with Crippen LogP contribution in [-0.4, -0.2) is 24.0 Å². The smallest absolute Gasteiger partial charge is 0.0178 e. The van der Waals surface area contributed by atoms with E-state index in [0.717, 1.165) is 0 Å². The molecule has 2 heteroatoms. The summed E-state index contributed by atoms with van der Waals surface area (Å²) in [7, 11) is 0. The van der Waals surface area contributed by atoms with Crippen LogP contribution in [0.4, 0.5) is 0 Å². The van der Waals surface area contributed by atoms with E-state index < -0.39 is 0 Å². The van der Waals surface area contributed by atoms with Crippen molar-refractivity contribution in [2.75, 3.05) is 13.1 Å². The highest BCUT2D eigenvalue weighted by atomic mass is 79.9. The Kier molecular flexibility index (Phi) is 3.04. The van der Waals surface area contributed by atoms with Gasteiger partial charge in [-0.15, -0.1) is 0 Å². The molecule has 17 heavy (non-hydrogen) atoms. The molecule has 0 spiro atoms. The van der Waals surface area contributed by atoms with Crippen molar-refractivity contribution in [3.63, 3.8) is 0 Å². The topological polar surface area (TPSA) is 3.24 Å². The summed E-state index contributed by atoms with van der Waals surface area (Å²) in [5.41, 5.74) is 1.99. The van der Waals surface area contributed by atoms with Gasteiger partial charge in [-0.05, 0) is 63.4 Å². The molecule has 0 aromatic heterocycles. The Hall–Kier alpha value is -0.340. The van der Waals surface area contributed by atoms with E-state index in [9.17, 15) is 0 Å². The van der Waals surface area contributed by atoms with Crippen LogP contribution in [-0.2, 0) is 5.41 Å².